The van der Waals surface area contributed by atoms with E-state index < -0.39 is 22.0 Å². The van der Waals surface area contributed by atoms with Crippen LogP contribution in [0.4, 0.5) is 11.4 Å². The summed E-state index contributed by atoms with van der Waals surface area (Å²) in [4.78, 5) is 13.2. The largest absolute Gasteiger partial charge is 0.476 e. The van der Waals surface area contributed by atoms with Gasteiger partial charge < -0.3 is 10.1 Å². The Morgan fingerprint density at radius 3 is 2.38 bits per heavy atom. The smallest absolute Gasteiger partial charge is 0.267 e. The Balaban J connectivity index is 1.69. The molecule has 1 N–H and O–H groups in total. The van der Waals surface area contributed by atoms with Crippen LogP contribution in [0.1, 0.15) is 16.7 Å². The molecule has 8 heteroatoms. The highest BCUT2D eigenvalue weighted by molar-refractivity contribution is 7.92. The summed E-state index contributed by atoms with van der Waals surface area (Å²) in [5.41, 5.74) is 3.64. The van der Waals surface area contributed by atoms with Gasteiger partial charge >= 0.3 is 0 Å². The molecular formula is C24H23ClN2O4S. The molecule has 0 saturated carbocycles. The summed E-state index contributed by atoms with van der Waals surface area (Å²) in [5.74, 6) is -0.0911. The first kappa shape index (κ1) is 22.2. The number of hydrogen-bond acceptors (Lipinski definition) is 4. The molecule has 1 amide bonds. The van der Waals surface area contributed by atoms with Crippen LogP contribution < -0.4 is 14.4 Å². The highest BCUT2D eigenvalue weighted by atomic mass is 35.5. The third kappa shape index (κ3) is 4.31. The Kier molecular flexibility index (Phi) is 5.88. The van der Waals surface area contributed by atoms with Crippen molar-refractivity contribution in [3.8, 4) is 5.75 Å². The van der Waals surface area contributed by atoms with Gasteiger partial charge in [-0.05, 0) is 74.4 Å². The predicted molar refractivity (Wildman–Crippen MR) is 126 cm³/mol. The van der Waals surface area contributed by atoms with Crippen molar-refractivity contribution in [3.63, 3.8) is 0 Å². The zero-order valence-corrected chi connectivity index (χ0v) is 19.5. The number of carbonyl (C=O) groups is 1. The van der Waals surface area contributed by atoms with Gasteiger partial charge in [0.15, 0.2) is 6.10 Å². The molecule has 32 heavy (non-hydrogen) atoms. The van der Waals surface area contributed by atoms with Crippen molar-refractivity contribution in [2.45, 2.75) is 31.8 Å². The monoisotopic (exact) mass is 470 g/mol. The number of hydrogen-bond donors (Lipinski definition) is 1. The number of sulfonamides is 1. The minimum atomic E-state index is -3.90. The van der Waals surface area contributed by atoms with Crippen molar-refractivity contribution in [3.05, 3.63) is 82.4 Å². The second kappa shape index (κ2) is 8.48. The average molecular weight is 471 g/mol. The second-order valence-corrected chi connectivity index (χ2v) is 10.2. The van der Waals surface area contributed by atoms with Crippen LogP contribution >= 0.6 is 11.6 Å². The lowest BCUT2D eigenvalue weighted by molar-refractivity contribution is -0.122. The number of fused-ring (bicyclic) bond motifs is 1. The molecule has 1 aliphatic heterocycles. The van der Waals surface area contributed by atoms with Gasteiger partial charge in [0.1, 0.15) is 5.75 Å². The molecule has 0 bridgehead atoms. The van der Waals surface area contributed by atoms with Gasteiger partial charge in [0.25, 0.3) is 15.9 Å². The molecule has 0 unspecified atom stereocenters. The molecule has 1 aliphatic rings. The summed E-state index contributed by atoms with van der Waals surface area (Å²) in [5, 5.41) is 3.39. The molecule has 0 aliphatic carbocycles. The fraction of sp³-hybridized carbons (Fsp3) is 0.208. The molecule has 1 atom stereocenters. The minimum Gasteiger partial charge on any atom is -0.476 e. The third-order valence-corrected chi connectivity index (χ3v) is 7.36. The number of anilines is 2. The summed E-state index contributed by atoms with van der Waals surface area (Å²) in [6, 6.07) is 17.0. The van der Waals surface area contributed by atoms with E-state index in [9.17, 15) is 13.2 Å². The molecular weight excluding hydrogens is 448 g/mol. The predicted octanol–water partition coefficient (Wildman–Crippen LogP) is 4.86. The van der Waals surface area contributed by atoms with E-state index in [0.717, 1.165) is 16.7 Å². The van der Waals surface area contributed by atoms with Crippen molar-refractivity contribution in [1.82, 2.24) is 0 Å². The van der Waals surface area contributed by atoms with Crippen LogP contribution in [0.5, 0.6) is 5.75 Å². The molecule has 0 aromatic heterocycles. The number of ether oxygens (including phenoxy) is 1. The van der Waals surface area contributed by atoms with E-state index in [4.69, 9.17) is 16.3 Å². The van der Waals surface area contributed by atoms with Gasteiger partial charge in [0.05, 0.1) is 17.1 Å². The maximum Gasteiger partial charge on any atom is 0.267 e. The fourth-order valence-corrected chi connectivity index (χ4v) is 5.25. The molecule has 0 spiro atoms. The highest BCUT2D eigenvalue weighted by Crippen LogP contribution is 2.38. The number of benzene rings is 3. The van der Waals surface area contributed by atoms with Crippen LogP contribution in [0.3, 0.4) is 0 Å². The first-order valence-corrected chi connectivity index (χ1v) is 11.9. The normalized spacial score (nSPS) is 15.6. The van der Waals surface area contributed by atoms with Gasteiger partial charge in [-0.25, -0.2) is 8.42 Å². The molecule has 3 aromatic rings. The summed E-state index contributed by atoms with van der Waals surface area (Å²) in [6.07, 6.45) is -1.03. The molecule has 166 valence electrons. The van der Waals surface area contributed by atoms with Crippen LogP contribution in [-0.2, 0) is 14.8 Å². The van der Waals surface area contributed by atoms with Crippen molar-refractivity contribution in [1.29, 1.82) is 0 Å². The summed E-state index contributed by atoms with van der Waals surface area (Å²) >= 11 is 6.00. The number of halogens is 1. The first-order valence-electron chi connectivity index (χ1n) is 10.1. The van der Waals surface area contributed by atoms with Gasteiger partial charge in [-0.1, -0.05) is 35.4 Å². The molecule has 6 nitrogen and oxygen atoms in total. The van der Waals surface area contributed by atoms with E-state index in [-0.39, 0.29) is 11.4 Å². The first-order chi connectivity index (χ1) is 15.1. The van der Waals surface area contributed by atoms with Crippen LogP contribution in [0.2, 0.25) is 5.02 Å². The zero-order valence-electron chi connectivity index (χ0n) is 17.9. The van der Waals surface area contributed by atoms with Crippen molar-refractivity contribution in [2.75, 3.05) is 16.2 Å². The Bertz CT molecular complexity index is 1290. The van der Waals surface area contributed by atoms with E-state index in [1.165, 1.54) is 4.31 Å². The average Bonchev–Trinajstić information content (AvgIpc) is 2.74. The minimum absolute atomic E-state index is 0.148. The van der Waals surface area contributed by atoms with Crippen LogP contribution in [0, 0.1) is 20.8 Å². The zero-order chi connectivity index (χ0) is 23.0. The SMILES string of the molecule is Cc1ccc(S(=O)(=O)N2C[C@H](C(=O)Nc3ccc(Cl)cc3C)Oc3cc(C)ccc32)cc1. The Morgan fingerprint density at radius 2 is 1.69 bits per heavy atom. The van der Waals surface area contributed by atoms with E-state index in [1.807, 2.05) is 26.8 Å². The lowest BCUT2D eigenvalue weighted by Crippen LogP contribution is -2.48. The van der Waals surface area contributed by atoms with Gasteiger partial charge in [0, 0.05) is 10.7 Å². The quantitative estimate of drug-likeness (QED) is 0.590. The lowest BCUT2D eigenvalue weighted by atomic mass is 10.1. The van der Waals surface area contributed by atoms with Gasteiger partial charge in [0.2, 0.25) is 0 Å². The maximum absolute atomic E-state index is 13.5. The van der Waals surface area contributed by atoms with Crippen molar-refractivity contribution >= 4 is 38.9 Å². The van der Waals surface area contributed by atoms with E-state index in [0.29, 0.717) is 22.1 Å². The van der Waals surface area contributed by atoms with Gasteiger partial charge in [-0.2, -0.15) is 0 Å². The standard InChI is InChI=1S/C24H23ClN2O4S/c1-15-4-8-19(9-5-15)32(29,30)27-14-23(31-22-12-16(2)6-11-21(22)27)24(28)26-20-10-7-18(25)13-17(20)3/h4-13,23H,14H2,1-3H3,(H,26,28)/t23-/m1/s1. The summed E-state index contributed by atoms with van der Waals surface area (Å²) < 4.78 is 34.2. The Labute approximate surface area is 192 Å². The lowest BCUT2D eigenvalue weighted by Gasteiger charge is -2.35. The van der Waals surface area contributed by atoms with Crippen LogP contribution in [0.15, 0.2) is 65.6 Å². The molecule has 0 fully saturated rings. The third-order valence-electron chi connectivity index (χ3n) is 5.33. The second-order valence-electron chi connectivity index (χ2n) is 7.88. The molecule has 0 radical (unpaired) electrons. The van der Waals surface area contributed by atoms with Crippen molar-refractivity contribution in [2.24, 2.45) is 0 Å². The van der Waals surface area contributed by atoms with Crippen LogP contribution in [-0.4, -0.2) is 27.0 Å². The number of amides is 1. The summed E-state index contributed by atoms with van der Waals surface area (Å²) in [6.45, 7) is 5.45. The Morgan fingerprint density at radius 1 is 1.00 bits per heavy atom. The summed E-state index contributed by atoms with van der Waals surface area (Å²) in [7, 11) is -3.90. The maximum atomic E-state index is 13.5. The number of nitrogens with zero attached hydrogens (tertiary/aromatic N) is 1. The number of rotatable bonds is 4. The number of carbonyl (C=O) groups excluding carboxylic acids is 1. The topological polar surface area (TPSA) is 75.7 Å². The fourth-order valence-electron chi connectivity index (χ4n) is 3.54. The van der Waals surface area contributed by atoms with E-state index in [2.05, 4.69) is 5.32 Å². The highest BCUT2D eigenvalue weighted by Gasteiger charge is 2.37. The van der Waals surface area contributed by atoms with Crippen LogP contribution in [0.25, 0.3) is 0 Å². The van der Waals surface area contributed by atoms with E-state index >= 15 is 0 Å². The van der Waals surface area contributed by atoms with Gasteiger partial charge in [-0.15, -0.1) is 0 Å². The van der Waals surface area contributed by atoms with Gasteiger partial charge in [-0.3, -0.25) is 9.10 Å². The number of nitrogens with one attached hydrogen (secondary N) is 1. The Hall–Kier alpha value is -3.03. The molecule has 4 rings (SSSR count). The van der Waals surface area contributed by atoms with Crippen molar-refractivity contribution < 1.29 is 17.9 Å². The number of aryl methyl sites for hydroxylation is 3. The molecule has 0 saturated heterocycles. The molecule has 3 aromatic carbocycles. The van der Waals surface area contributed by atoms with E-state index in [1.54, 1.807) is 54.6 Å². The molecule has 1 heterocycles.